The molecule has 1 aromatic heterocycles. The minimum atomic E-state index is 0.0513. The van der Waals surface area contributed by atoms with E-state index >= 15 is 0 Å². The highest BCUT2D eigenvalue weighted by Gasteiger charge is 2.39. The van der Waals surface area contributed by atoms with Crippen LogP contribution < -0.4 is 9.06 Å². The maximum atomic E-state index is 5.08. The predicted molar refractivity (Wildman–Crippen MR) is 106 cm³/mol. The monoisotopic (exact) mass is 341 g/mol. The number of rotatable bonds is 0. The molecule has 3 aliphatic carbocycles. The molecule has 0 saturated heterocycles. The second-order valence-corrected chi connectivity index (χ2v) is 9.07. The van der Waals surface area contributed by atoms with Crippen molar-refractivity contribution in [1.29, 1.82) is 0 Å². The number of hydrogen-bond donors (Lipinski definition) is 0. The quantitative estimate of drug-likeness (QED) is 0.578. The third-order valence-electron chi connectivity index (χ3n) is 5.99. The molecule has 0 saturated carbocycles. The molecule has 25 heavy (non-hydrogen) atoms. The van der Waals surface area contributed by atoms with Gasteiger partial charge in [0.25, 0.3) is 0 Å². The van der Waals surface area contributed by atoms with Gasteiger partial charge in [0.2, 0.25) is 0 Å². The summed E-state index contributed by atoms with van der Waals surface area (Å²) in [5.41, 5.74) is 9.74. The largest absolute Gasteiger partial charge is 0.251 e. The summed E-state index contributed by atoms with van der Waals surface area (Å²) in [6.45, 7) is 4.75. The van der Waals surface area contributed by atoms with Crippen LogP contribution in [0.5, 0.6) is 0 Å². The number of aliphatic imine (C=N–C) groups is 1. The molecule has 0 amide bonds. The smallest absolute Gasteiger partial charge is 0.0844 e. The first-order valence-corrected chi connectivity index (χ1v) is 9.92. The standard InChI is InChI=1S/C23H19NS/c1-23(2)12-16-15-9-5-6-10-17(15)24-21(16)22-20(23)19-14-8-4-3-7-13(14)11-18(19)25-22/h3-4,6-8,10-12,15H,5,9H2,1-2H3. The van der Waals surface area contributed by atoms with E-state index in [0.717, 1.165) is 0 Å². The zero-order chi connectivity index (χ0) is 16.8. The van der Waals surface area contributed by atoms with Gasteiger partial charge in [0.05, 0.1) is 10.2 Å². The van der Waals surface area contributed by atoms with Crippen LogP contribution in [0.3, 0.4) is 0 Å². The van der Waals surface area contributed by atoms with Crippen molar-refractivity contribution in [3.63, 3.8) is 0 Å². The van der Waals surface area contributed by atoms with Gasteiger partial charge >= 0.3 is 0 Å². The van der Waals surface area contributed by atoms with Crippen LogP contribution in [0.15, 0.2) is 53.1 Å². The fourth-order valence-electron chi connectivity index (χ4n) is 4.92. The Hall–Kier alpha value is -2.19. The van der Waals surface area contributed by atoms with E-state index in [9.17, 15) is 0 Å². The van der Waals surface area contributed by atoms with E-state index in [0.29, 0.717) is 5.92 Å². The highest BCUT2D eigenvalue weighted by Crippen LogP contribution is 2.45. The lowest BCUT2D eigenvalue weighted by atomic mass is 9.74. The van der Waals surface area contributed by atoms with E-state index in [4.69, 9.17) is 4.99 Å². The molecule has 0 fully saturated rings. The number of allylic oxidation sites excluding steroid dienone is 3. The Morgan fingerprint density at radius 2 is 2.08 bits per heavy atom. The molecule has 1 nitrogen and oxygen atoms in total. The van der Waals surface area contributed by atoms with Gasteiger partial charge in [0.15, 0.2) is 0 Å². The Labute approximate surface area is 151 Å². The SMILES string of the molecule is CC1(C)C=C2C(=c3sc4c(c31)-c1ccccc1C=4)N=C1C=CCCC21. The molecule has 2 heteroatoms. The second kappa shape index (κ2) is 4.50. The molecule has 1 aliphatic heterocycles. The molecule has 1 atom stereocenters. The first-order chi connectivity index (χ1) is 12.1. The second-order valence-electron chi connectivity index (χ2n) is 8.02. The Morgan fingerprint density at radius 3 is 3.00 bits per heavy atom. The number of fused-ring (bicyclic) bond motifs is 8. The van der Waals surface area contributed by atoms with E-state index in [1.54, 1.807) is 0 Å². The molecule has 1 aromatic carbocycles. The molecule has 0 radical (unpaired) electrons. The van der Waals surface area contributed by atoms with Gasteiger partial charge in [0.1, 0.15) is 0 Å². The molecule has 6 rings (SSSR count). The summed E-state index contributed by atoms with van der Waals surface area (Å²) in [5, 5.41) is 0. The van der Waals surface area contributed by atoms with Crippen LogP contribution in [0.1, 0.15) is 37.8 Å². The van der Waals surface area contributed by atoms with Crippen molar-refractivity contribution in [3.05, 3.63) is 68.3 Å². The summed E-state index contributed by atoms with van der Waals surface area (Å²) < 4.78 is 2.82. The Bertz CT molecular complexity index is 1170. The maximum Gasteiger partial charge on any atom is 0.0844 e. The van der Waals surface area contributed by atoms with Crippen LogP contribution >= 0.6 is 11.3 Å². The number of thiophene rings is 1. The number of nitrogens with zero attached hydrogens (tertiary/aromatic N) is 1. The average molecular weight is 341 g/mol. The van der Waals surface area contributed by atoms with E-state index in [-0.39, 0.29) is 5.41 Å². The van der Waals surface area contributed by atoms with Crippen molar-refractivity contribution in [2.45, 2.75) is 32.1 Å². The van der Waals surface area contributed by atoms with E-state index in [1.807, 2.05) is 11.3 Å². The zero-order valence-corrected chi connectivity index (χ0v) is 15.3. The summed E-state index contributed by atoms with van der Waals surface area (Å²) >= 11 is 1.94. The first kappa shape index (κ1) is 14.0. The summed E-state index contributed by atoms with van der Waals surface area (Å²) in [6, 6.07) is 8.79. The lowest BCUT2D eigenvalue weighted by Gasteiger charge is -2.29. The van der Waals surface area contributed by atoms with Gasteiger partial charge in [-0.15, -0.1) is 11.3 Å². The molecule has 2 aromatic rings. The van der Waals surface area contributed by atoms with E-state index < -0.39 is 0 Å². The third kappa shape index (κ3) is 1.71. The molecule has 122 valence electrons. The van der Waals surface area contributed by atoms with Gasteiger partial charge in [0, 0.05) is 27.1 Å². The van der Waals surface area contributed by atoms with Crippen LogP contribution in [0.25, 0.3) is 22.9 Å². The van der Waals surface area contributed by atoms with Crippen molar-refractivity contribution >= 4 is 28.8 Å². The Balaban J connectivity index is 1.73. The van der Waals surface area contributed by atoms with Crippen LogP contribution in [0.4, 0.5) is 0 Å². The Kier molecular flexibility index (Phi) is 2.53. The molecule has 0 N–H and O–H groups in total. The molecular weight excluding hydrogens is 322 g/mol. The van der Waals surface area contributed by atoms with Gasteiger partial charge in [-0.25, -0.2) is 0 Å². The molecule has 0 bridgehead atoms. The predicted octanol–water partition coefficient (Wildman–Crippen LogP) is 4.30. The number of benzene rings is 1. The fraction of sp³-hybridized carbons (Fsp3) is 0.261. The topological polar surface area (TPSA) is 12.4 Å². The van der Waals surface area contributed by atoms with Crippen molar-refractivity contribution < 1.29 is 0 Å². The van der Waals surface area contributed by atoms with Crippen LogP contribution in [-0.2, 0) is 5.41 Å². The van der Waals surface area contributed by atoms with Crippen LogP contribution in [-0.4, -0.2) is 5.71 Å². The first-order valence-electron chi connectivity index (χ1n) is 9.10. The van der Waals surface area contributed by atoms with Crippen molar-refractivity contribution in [1.82, 2.24) is 0 Å². The lowest BCUT2D eigenvalue weighted by Crippen LogP contribution is -2.28. The average Bonchev–Trinajstić information content (AvgIpc) is 3.24. The van der Waals surface area contributed by atoms with Gasteiger partial charge in [-0.1, -0.05) is 50.3 Å². The van der Waals surface area contributed by atoms with Crippen molar-refractivity contribution in [2.24, 2.45) is 10.9 Å². The summed E-state index contributed by atoms with van der Waals surface area (Å²) in [5.74, 6) is 0.514. The number of hydrogen-bond acceptors (Lipinski definition) is 2. The van der Waals surface area contributed by atoms with E-state index in [1.165, 1.54) is 61.1 Å². The van der Waals surface area contributed by atoms with Gasteiger partial charge in [-0.05, 0) is 47.3 Å². The van der Waals surface area contributed by atoms with Crippen LogP contribution in [0, 0.1) is 5.92 Å². The van der Waals surface area contributed by atoms with Gasteiger partial charge in [-0.2, -0.15) is 0 Å². The lowest BCUT2D eigenvalue weighted by molar-refractivity contribution is 0.642. The van der Waals surface area contributed by atoms with E-state index in [2.05, 4.69) is 62.4 Å². The van der Waals surface area contributed by atoms with Gasteiger partial charge in [-0.3, -0.25) is 4.99 Å². The summed E-state index contributed by atoms with van der Waals surface area (Å²) in [6.07, 6.45) is 11.8. The zero-order valence-electron chi connectivity index (χ0n) is 14.5. The highest BCUT2D eigenvalue weighted by atomic mass is 32.1. The summed E-state index contributed by atoms with van der Waals surface area (Å²) in [4.78, 5) is 5.08. The third-order valence-corrected chi connectivity index (χ3v) is 7.13. The Morgan fingerprint density at radius 1 is 1.20 bits per heavy atom. The van der Waals surface area contributed by atoms with Crippen molar-refractivity contribution in [2.75, 3.05) is 0 Å². The molecular formula is C23H19NS. The minimum absolute atomic E-state index is 0.0513. The molecule has 2 heterocycles. The molecule has 0 spiro atoms. The molecule has 4 aliphatic rings. The molecule has 1 unspecified atom stereocenters. The maximum absolute atomic E-state index is 5.08. The van der Waals surface area contributed by atoms with Crippen LogP contribution in [0.2, 0.25) is 0 Å². The van der Waals surface area contributed by atoms with Gasteiger partial charge < -0.3 is 0 Å². The highest BCUT2D eigenvalue weighted by molar-refractivity contribution is 7.08. The minimum Gasteiger partial charge on any atom is -0.251 e. The van der Waals surface area contributed by atoms with Crippen molar-refractivity contribution in [3.8, 4) is 11.1 Å². The summed E-state index contributed by atoms with van der Waals surface area (Å²) in [7, 11) is 0. The normalized spacial score (nSPS) is 23.8. The fourth-order valence-corrected chi connectivity index (χ4v) is 6.37.